The molecule has 0 aromatic heterocycles. The normalized spacial score (nSPS) is 17.2. The molecule has 4 heteroatoms. The molecule has 0 aromatic rings. The molecule has 0 aliphatic rings. The molecule has 1 unspecified atom stereocenters. The second-order valence-corrected chi connectivity index (χ2v) is 4.55. The molecule has 0 fully saturated rings. The molecule has 0 radical (unpaired) electrons. The highest BCUT2D eigenvalue weighted by atomic mass is 31.2. The number of hydrogen-bond donors (Lipinski definition) is 1. The molecule has 0 saturated carbocycles. The SMILES string of the molecule is CCOP(C)(=O)CNC. The summed E-state index contributed by atoms with van der Waals surface area (Å²) in [6.45, 7) is 3.99. The van der Waals surface area contributed by atoms with Gasteiger partial charge in [-0.05, 0) is 14.0 Å². The first-order valence-electron chi connectivity index (χ1n) is 2.98. The summed E-state index contributed by atoms with van der Waals surface area (Å²) in [5, 5.41) is 2.80. The lowest BCUT2D eigenvalue weighted by Gasteiger charge is -2.10. The fraction of sp³-hybridized carbons (Fsp3) is 1.00. The van der Waals surface area contributed by atoms with Gasteiger partial charge >= 0.3 is 0 Å². The second-order valence-electron chi connectivity index (χ2n) is 1.94. The molecule has 0 amide bonds. The van der Waals surface area contributed by atoms with Crippen LogP contribution in [0.25, 0.3) is 0 Å². The van der Waals surface area contributed by atoms with Crippen molar-refractivity contribution < 1.29 is 9.09 Å². The maximum atomic E-state index is 11.1. The van der Waals surface area contributed by atoms with Crippen molar-refractivity contribution in [2.45, 2.75) is 6.92 Å². The Morgan fingerprint density at radius 3 is 2.56 bits per heavy atom. The second kappa shape index (κ2) is 4.04. The zero-order valence-electron chi connectivity index (χ0n) is 6.18. The largest absolute Gasteiger partial charge is 0.328 e. The molecule has 1 N–H and O–H groups in total. The van der Waals surface area contributed by atoms with Crippen LogP contribution in [0.15, 0.2) is 0 Å². The third-order valence-electron chi connectivity index (χ3n) is 0.848. The molecular weight excluding hydrogens is 137 g/mol. The van der Waals surface area contributed by atoms with E-state index in [0.717, 1.165) is 0 Å². The monoisotopic (exact) mass is 151 g/mol. The van der Waals surface area contributed by atoms with Crippen LogP contribution in [0.1, 0.15) is 6.92 Å². The van der Waals surface area contributed by atoms with Gasteiger partial charge in [0.25, 0.3) is 0 Å². The van der Waals surface area contributed by atoms with E-state index >= 15 is 0 Å². The first-order chi connectivity index (χ1) is 4.12. The highest BCUT2D eigenvalue weighted by Crippen LogP contribution is 2.40. The van der Waals surface area contributed by atoms with Gasteiger partial charge in [-0.1, -0.05) is 0 Å². The van der Waals surface area contributed by atoms with E-state index < -0.39 is 7.37 Å². The molecule has 0 heterocycles. The number of nitrogens with one attached hydrogen (secondary N) is 1. The summed E-state index contributed by atoms with van der Waals surface area (Å²) < 4.78 is 16.1. The summed E-state index contributed by atoms with van der Waals surface area (Å²) in [6.07, 6.45) is 0.459. The van der Waals surface area contributed by atoms with Crippen molar-refractivity contribution in [3.8, 4) is 0 Å². The van der Waals surface area contributed by atoms with Crippen LogP contribution in [-0.4, -0.2) is 26.6 Å². The Balaban J connectivity index is 3.58. The first kappa shape index (κ1) is 9.15. The Bertz CT molecular complexity index is 106. The van der Waals surface area contributed by atoms with Gasteiger partial charge in [0.15, 0.2) is 0 Å². The van der Waals surface area contributed by atoms with Crippen molar-refractivity contribution in [1.82, 2.24) is 5.32 Å². The van der Waals surface area contributed by atoms with Gasteiger partial charge in [0.05, 0.1) is 12.9 Å². The minimum Gasteiger partial charge on any atom is -0.328 e. The van der Waals surface area contributed by atoms with E-state index in [9.17, 15) is 4.57 Å². The van der Waals surface area contributed by atoms with E-state index in [2.05, 4.69) is 5.32 Å². The molecule has 56 valence electrons. The van der Waals surface area contributed by atoms with Crippen molar-refractivity contribution in [1.29, 1.82) is 0 Å². The van der Waals surface area contributed by atoms with E-state index in [1.807, 2.05) is 6.92 Å². The van der Waals surface area contributed by atoms with Crippen molar-refractivity contribution in [2.24, 2.45) is 0 Å². The molecule has 0 aliphatic heterocycles. The van der Waals surface area contributed by atoms with Crippen LogP contribution in [0, 0.1) is 0 Å². The molecule has 0 aliphatic carbocycles. The Kier molecular flexibility index (Phi) is 4.11. The Morgan fingerprint density at radius 1 is 1.67 bits per heavy atom. The third kappa shape index (κ3) is 4.64. The number of hydrogen-bond acceptors (Lipinski definition) is 3. The fourth-order valence-corrected chi connectivity index (χ4v) is 1.82. The van der Waals surface area contributed by atoms with Gasteiger partial charge in [-0.15, -0.1) is 0 Å². The lowest BCUT2D eigenvalue weighted by molar-refractivity contribution is 0.335. The first-order valence-corrected chi connectivity index (χ1v) is 5.24. The van der Waals surface area contributed by atoms with Gasteiger partial charge in [-0.25, -0.2) is 0 Å². The quantitative estimate of drug-likeness (QED) is 0.611. The zero-order valence-corrected chi connectivity index (χ0v) is 7.07. The van der Waals surface area contributed by atoms with Crippen molar-refractivity contribution >= 4 is 7.37 Å². The Labute approximate surface area is 56.2 Å². The van der Waals surface area contributed by atoms with E-state index in [1.54, 1.807) is 13.7 Å². The fourth-order valence-electron chi connectivity index (χ4n) is 0.606. The lowest BCUT2D eigenvalue weighted by atomic mass is 10.9. The van der Waals surface area contributed by atoms with E-state index in [-0.39, 0.29) is 0 Å². The smallest absolute Gasteiger partial charge is 0.213 e. The van der Waals surface area contributed by atoms with Gasteiger partial charge in [-0.3, -0.25) is 4.57 Å². The Hall–Kier alpha value is 0.150. The highest BCUT2D eigenvalue weighted by Gasteiger charge is 2.11. The van der Waals surface area contributed by atoms with Crippen LogP contribution < -0.4 is 5.32 Å². The van der Waals surface area contributed by atoms with Crippen LogP contribution >= 0.6 is 7.37 Å². The summed E-state index contributed by atoms with van der Waals surface area (Å²) >= 11 is 0. The number of rotatable bonds is 4. The van der Waals surface area contributed by atoms with Crippen molar-refractivity contribution in [3.05, 3.63) is 0 Å². The molecule has 0 bridgehead atoms. The van der Waals surface area contributed by atoms with E-state index in [0.29, 0.717) is 12.9 Å². The minimum absolute atomic E-state index is 0.459. The highest BCUT2D eigenvalue weighted by molar-refractivity contribution is 7.58. The minimum atomic E-state index is -2.30. The predicted molar refractivity (Wildman–Crippen MR) is 39.1 cm³/mol. The van der Waals surface area contributed by atoms with Gasteiger partial charge in [-0.2, -0.15) is 0 Å². The average molecular weight is 151 g/mol. The maximum Gasteiger partial charge on any atom is 0.213 e. The molecular formula is C5H14NO2P. The van der Waals surface area contributed by atoms with Crippen LogP contribution in [0.4, 0.5) is 0 Å². The summed E-state index contributed by atoms with van der Waals surface area (Å²) in [6, 6.07) is 0. The van der Waals surface area contributed by atoms with Crippen LogP contribution in [0.5, 0.6) is 0 Å². The summed E-state index contributed by atoms with van der Waals surface area (Å²) in [5.74, 6) is 0. The van der Waals surface area contributed by atoms with Gasteiger partial charge < -0.3 is 9.84 Å². The molecule has 1 atom stereocenters. The van der Waals surface area contributed by atoms with Crippen LogP contribution in [0.3, 0.4) is 0 Å². The molecule has 0 saturated heterocycles. The molecule has 9 heavy (non-hydrogen) atoms. The third-order valence-corrected chi connectivity index (χ3v) is 2.54. The summed E-state index contributed by atoms with van der Waals surface area (Å²) in [5.41, 5.74) is 0. The van der Waals surface area contributed by atoms with E-state index in [1.165, 1.54) is 0 Å². The topological polar surface area (TPSA) is 38.3 Å². The maximum absolute atomic E-state index is 11.1. The standard InChI is InChI=1S/C5H14NO2P/c1-4-8-9(3,7)5-6-2/h6H,4-5H2,1-3H3. The summed E-state index contributed by atoms with van der Waals surface area (Å²) in [7, 11) is -0.545. The van der Waals surface area contributed by atoms with Gasteiger partial charge in [0, 0.05) is 6.66 Å². The zero-order chi connectivity index (χ0) is 7.33. The predicted octanol–water partition coefficient (Wildman–Crippen LogP) is 1.11. The molecule has 0 rings (SSSR count). The Morgan fingerprint density at radius 2 is 2.22 bits per heavy atom. The van der Waals surface area contributed by atoms with Gasteiger partial charge in [0.1, 0.15) is 0 Å². The van der Waals surface area contributed by atoms with Crippen molar-refractivity contribution in [3.63, 3.8) is 0 Å². The van der Waals surface area contributed by atoms with Gasteiger partial charge in [0.2, 0.25) is 7.37 Å². The lowest BCUT2D eigenvalue weighted by Crippen LogP contribution is -2.09. The van der Waals surface area contributed by atoms with Crippen molar-refractivity contribution in [2.75, 3.05) is 26.6 Å². The summed E-state index contributed by atoms with van der Waals surface area (Å²) in [4.78, 5) is 0. The molecule has 0 spiro atoms. The van der Waals surface area contributed by atoms with E-state index in [4.69, 9.17) is 4.52 Å². The molecule has 3 nitrogen and oxygen atoms in total. The average Bonchev–Trinajstić information content (AvgIpc) is 1.64. The van der Waals surface area contributed by atoms with Crippen LogP contribution in [-0.2, 0) is 9.09 Å². The van der Waals surface area contributed by atoms with Crippen LogP contribution in [0.2, 0.25) is 0 Å². The molecule has 0 aromatic carbocycles.